The average Bonchev–Trinajstić information content (AvgIpc) is 2.04. The number of hydrogen-bond acceptors (Lipinski definition) is 1. The third kappa shape index (κ3) is 6.09. The molecule has 0 aromatic carbocycles. The van der Waals surface area contributed by atoms with Crippen LogP contribution < -0.4 is 0 Å². The molecule has 0 aromatic heterocycles. The van der Waals surface area contributed by atoms with Gasteiger partial charge in [-0.1, -0.05) is 40.5 Å². The first-order valence-electron chi connectivity index (χ1n) is 5.77. The predicted molar refractivity (Wildman–Crippen MR) is 59.0 cm³/mol. The normalized spacial score (nSPS) is 16.2. The molecule has 0 N–H and O–H groups in total. The molecule has 0 aliphatic carbocycles. The minimum Gasteiger partial charge on any atom is -0.375 e. The first kappa shape index (κ1) is 13.0. The molecule has 0 aliphatic rings. The minimum absolute atomic E-state index is 0.434. The highest BCUT2D eigenvalue weighted by molar-refractivity contribution is 4.64. The summed E-state index contributed by atoms with van der Waals surface area (Å²) in [7, 11) is 0. The summed E-state index contributed by atoms with van der Waals surface area (Å²) in [6.45, 7) is 11.1. The summed E-state index contributed by atoms with van der Waals surface area (Å²) in [5.41, 5.74) is 0. The summed E-state index contributed by atoms with van der Waals surface area (Å²) < 4.78 is 5.99. The summed E-state index contributed by atoms with van der Waals surface area (Å²) in [6.07, 6.45) is 5.73. The van der Waals surface area contributed by atoms with Crippen LogP contribution in [-0.2, 0) is 4.74 Å². The first-order chi connectivity index (χ1) is 6.11. The molecule has 0 aliphatic heterocycles. The van der Waals surface area contributed by atoms with Gasteiger partial charge in [0, 0.05) is 0 Å². The van der Waals surface area contributed by atoms with Gasteiger partial charge in [0.1, 0.15) is 0 Å². The van der Waals surface area contributed by atoms with Crippen LogP contribution in [0.2, 0.25) is 0 Å². The Morgan fingerprint density at radius 1 is 0.923 bits per heavy atom. The van der Waals surface area contributed by atoms with E-state index in [2.05, 4.69) is 34.6 Å². The van der Waals surface area contributed by atoms with Gasteiger partial charge in [-0.25, -0.2) is 0 Å². The predicted octanol–water partition coefficient (Wildman–Crippen LogP) is 4.02. The third-order valence-corrected chi connectivity index (χ3v) is 2.42. The minimum atomic E-state index is 0.434. The van der Waals surface area contributed by atoms with Crippen LogP contribution in [0.5, 0.6) is 0 Å². The van der Waals surface area contributed by atoms with Crippen molar-refractivity contribution >= 4 is 0 Å². The Kier molecular flexibility index (Phi) is 7.35. The van der Waals surface area contributed by atoms with Gasteiger partial charge in [-0.2, -0.15) is 0 Å². The van der Waals surface area contributed by atoms with Crippen molar-refractivity contribution < 1.29 is 4.74 Å². The van der Waals surface area contributed by atoms with Crippen LogP contribution in [0.3, 0.4) is 0 Å². The van der Waals surface area contributed by atoms with Gasteiger partial charge in [-0.05, 0) is 25.7 Å². The molecule has 0 saturated heterocycles. The Hall–Kier alpha value is -0.0400. The Bertz CT molecular complexity index is 110. The van der Waals surface area contributed by atoms with Gasteiger partial charge >= 0.3 is 0 Å². The Balaban J connectivity index is 3.79. The van der Waals surface area contributed by atoms with E-state index in [1.807, 2.05) is 0 Å². The molecule has 0 bridgehead atoms. The maximum Gasteiger partial charge on any atom is 0.0601 e. The monoisotopic (exact) mass is 186 g/mol. The van der Waals surface area contributed by atoms with E-state index >= 15 is 0 Å². The summed E-state index contributed by atoms with van der Waals surface area (Å²) in [5.74, 6) is 0.652. The zero-order valence-corrected chi connectivity index (χ0v) is 9.97. The maximum atomic E-state index is 5.99. The molecule has 80 valence electrons. The van der Waals surface area contributed by atoms with Crippen LogP contribution in [0.15, 0.2) is 0 Å². The van der Waals surface area contributed by atoms with Crippen molar-refractivity contribution in [1.82, 2.24) is 0 Å². The average molecular weight is 186 g/mol. The molecule has 0 saturated carbocycles. The van der Waals surface area contributed by atoms with E-state index in [9.17, 15) is 0 Å². The SMILES string of the molecule is CCCC(C)OC(CCC)C(C)C. The smallest absolute Gasteiger partial charge is 0.0601 e. The van der Waals surface area contributed by atoms with Crippen molar-refractivity contribution in [3.63, 3.8) is 0 Å². The topological polar surface area (TPSA) is 9.23 Å². The fraction of sp³-hybridized carbons (Fsp3) is 1.00. The molecule has 13 heavy (non-hydrogen) atoms. The van der Waals surface area contributed by atoms with E-state index in [0.29, 0.717) is 18.1 Å². The van der Waals surface area contributed by atoms with Crippen molar-refractivity contribution in [2.24, 2.45) is 5.92 Å². The van der Waals surface area contributed by atoms with Crippen molar-refractivity contribution in [3.05, 3.63) is 0 Å². The second-order valence-corrected chi connectivity index (χ2v) is 4.31. The highest BCUT2D eigenvalue weighted by Gasteiger charge is 2.15. The molecule has 2 atom stereocenters. The molecule has 0 aromatic rings. The van der Waals surface area contributed by atoms with Gasteiger partial charge in [0.2, 0.25) is 0 Å². The molecule has 0 rings (SSSR count). The second kappa shape index (κ2) is 7.37. The number of hydrogen-bond donors (Lipinski definition) is 0. The molecule has 0 radical (unpaired) electrons. The van der Waals surface area contributed by atoms with E-state index in [1.165, 1.54) is 25.7 Å². The van der Waals surface area contributed by atoms with Gasteiger partial charge in [0.15, 0.2) is 0 Å². The van der Waals surface area contributed by atoms with Crippen LogP contribution in [0.1, 0.15) is 60.3 Å². The maximum absolute atomic E-state index is 5.99. The zero-order valence-electron chi connectivity index (χ0n) is 9.97. The molecule has 1 heteroatoms. The summed E-state index contributed by atoms with van der Waals surface area (Å²) in [5, 5.41) is 0. The van der Waals surface area contributed by atoms with E-state index in [4.69, 9.17) is 4.74 Å². The van der Waals surface area contributed by atoms with Gasteiger partial charge in [-0.3, -0.25) is 0 Å². The molecule has 0 spiro atoms. The lowest BCUT2D eigenvalue weighted by molar-refractivity contribution is -0.0348. The van der Waals surface area contributed by atoms with Gasteiger partial charge in [0.05, 0.1) is 12.2 Å². The van der Waals surface area contributed by atoms with E-state index in [1.54, 1.807) is 0 Å². The van der Waals surface area contributed by atoms with Crippen molar-refractivity contribution in [2.45, 2.75) is 72.5 Å². The molecule has 0 heterocycles. The fourth-order valence-electron chi connectivity index (χ4n) is 1.62. The highest BCUT2D eigenvalue weighted by Crippen LogP contribution is 2.16. The van der Waals surface area contributed by atoms with Crippen LogP contribution in [0.4, 0.5) is 0 Å². The van der Waals surface area contributed by atoms with Crippen molar-refractivity contribution in [3.8, 4) is 0 Å². The second-order valence-electron chi connectivity index (χ2n) is 4.31. The highest BCUT2D eigenvalue weighted by atomic mass is 16.5. The van der Waals surface area contributed by atoms with Gasteiger partial charge < -0.3 is 4.74 Å². The Morgan fingerprint density at radius 2 is 1.46 bits per heavy atom. The van der Waals surface area contributed by atoms with Crippen molar-refractivity contribution in [1.29, 1.82) is 0 Å². The van der Waals surface area contributed by atoms with Crippen LogP contribution in [0, 0.1) is 5.92 Å². The molecule has 0 fully saturated rings. The summed E-state index contributed by atoms with van der Waals surface area (Å²) >= 11 is 0. The summed E-state index contributed by atoms with van der Waals surface area (Å²) in [4.78, 5) is 0. The van der Waals surface area contributed by atoms with Crippen LogP contribution in [0.25, 0.3) is 0 Å². The molecular weight excluding hydrogens is 160 g/mol. The summed E-state index contributed by atoms with van der Waals surface area (Å²) in [6, 6.07) is 0. The Morgan fingerprint density at radius 3 is 1.85 bits per heavy atom. The lowest BCUT2D eigenvalue weighted by Crippen LogP contribution is -2.24. The standard InChI is InChI=1S/C12H26O/c1-6-8-11(5)13-12(9-7-2)10(3)4/h10-12H,6-9H2,1-5H3. The van der Waals surface area contributed by atoms with Crippen LogP contribution >= 0.6 is 0 Å². The van der Waals surface area contributed by atoms with E-state index in [-0.39, 0.29) is 0 Å². The molecule has 1 nitrogen and oxygen atoms in total. The van der Waals surface area contributed by atoms with Gasteiger partial charge in [-0.15, -0.1) is 0 Å². The molecule has 2 unspecified atom stereocenters. The van der Waals surface area contributed by atoms with E-state index in [0.717, 1.165) is 0 Å². The first-order valence-corrected chi connectivity index (χ1v) is 5.77. The quantitative estimate of drug-likeness (QED) is 0.583. The zero-order chi connectivity index (χ0) is 10.3. The van der Waals surface area contributed by atoms with E-state index < -0.39 is 0 Å². The largest absolute Gasteiger partial charge is 0.375 e. The lowest BCUT2D eigenvalue weighted by Gasteiger charge is -2.25. The molecular formula is C12H26O. The lowest BCUT2D eigenvalue weighted by atomic mass is 10.0. The third-order valence-electron chi connectivity index (χ3n) is 2.42. The number of ether oxygens (including phenoxy) is 1. The van der Waals surface area contributed by atoms with Gasteiger partial charge in [0.25, 0.3) is 0 Å². The Labute approximate surface area is 83.9 Å². The van der Waals surface area contributed by atoms with Crippen LogP contribution in [-0.4, -0.2) is 12.2 Å². The number of rotatable bonds is 7. The fourth-order valence-corrected chi connectivity index (χ4v) is 1.62. The molecule has 0 amide bonds. The van der Waals surface area contributed by atoms with Crippen molar-refractivity contribution in [2.75, 3.05) is 0 Å².